The van der Waals surface area contributed by atoms with Crippen LogP contribution in [0.1, 0.15) is 0 Å². The molecule has 11 nitrogen and oxygen atoms in total. The number of nitrogens with one attached hydrogen (secondary N) is 1. The van der Waals surface area contributed by atoms with E-state index >= 15 is 0 Å². The topological polar surface area (TPSA) is 168 Å². The number of rotatable bonds is 10. The average Bonchev–Trinajstić information content (AvgIpc) is 2.59. The summed E-state index contributed by atoms with van der Waals surface area (Å²) in [6, 6.07) is -1.58. The van der Waals surface area contributed by atoms with Crippen LogP contribution in [0.3, 0.4) is 0 Å². The second kappa shape index (κ2) is 10.4. The van der Waals surface area contributed by atoms with Gasteiger partial charge in [0.25, 0.3) is 0 Å². The van der Waals surface area contributed by atoms with Crippen molar-refractivity contribution in [3.05, 3.63) is 18.0 Å². The molecule has 5 unspecified atom stereocenters. The van der Waals surface area contributed by atoms with E-state index in [1.165, 1.54) is 27.4 Å². The number of methoxy groups -OCH3 is 3. The largest absolute Gasteiger partial charge is 0.478 e. The molecule has 11 heteroatoms. The van der Waals surface area contributed by atoms with Gasteiger partial charge in [0.05, 0.1) is 24.9 Å². The second-order valence-corrected chi connectivity index (χ2v) is 5.35. The van der Waals surface area contributed by atoms with E-state index in [-0.39, 0.29) is 18.3 Å². The zero-order chi connectivity index (χ0) is 19.7. The van der Waals surface area contributed by atoms with Crippen molar-refractivity contribution in [1.82, 2.24) is 5.32 Å². The number of aliphatic carboxylic acids is 1. The molecule has 0 aliphatic carbocycles. The van der Waals surface area contributed by atoms with Crippen molar-refractivity contribution in [3.63, 3.8) is 0 Å². The number of carbonyl (C=O) groups excluding carboxylic acids is 1. The summed E-state index contributed by atoms with van der Waals surface area (Å²) in [5, 5.41) is 12.1. The number of hydrogen-bond donors (Lipinski definition) is 4. The van der Waals surface area contributed by atoms with Crippen molar-refractivity contribution < 1.29 is 33.6 Å². The number of aliphatic imine (C=N–C) groups is 1. The first kappa shape index (κ1) is 21.5. The first-order valence-electron chi connectivity index (χ1n) is 7.60. The molecule has 0 aromatic carbocycles. The lowest BCUT2D eigenvalue weighted by Crippen LogP contribution is -2.58. The maximum Gasteiger partial charge on any atom is 0.370 e. The van der Waals surface area contributed by atoms with E-state index < -0.39 is 36.4 Å². The lowest BCUT2D eigenvalue weighted by molar-refractivity contribution is -0.151. The third-order valence-corrected chi connectivity index (χ3v) is 3.75. The molecule has 1 aliphatic heterocycles. The standard InChI is InChI=1S/C15H24N4O7/c1-23-7-10(24-2)12(25-3)13-11(18-4-5-20)8(19-15(16)17)6-9(26-13)14(21)22/h4,6,8,10-13,18H,7H2,1-3H3,(H,21,22)(H4,16,17,19). The zero-order valence-corrected chi connectivity index (χ0v) is 14.7. The molecular formula is C15H24N4O7. The highest BCUT2D eigenvalue weighted by atomic mass is 16.6. The molecule has 6 N–H and O–H groups in total. The van der Waals surface area contributed by atoms with Gasteiger partial charge in [0, 0.05) is 21.3 Å². The maximum absolute atomic E-state index is 11.4. The van der Waals surface area contributed by atoms with E-state index in [2.05, 4.69) is 10.3 Å². The van der Waals surface area contributed by atoms with Gasteiger partial charge in [-0.15, -0.1) is 0 Å². The minimum absolute atomic E-state index is 0.157. The lowest BCUT2D eigenvalue weighted by Gasteiger charge is -2.40. The Morgan fingerprint density at radius 2 is 2.15 bits per heavy atom. The van der Waals surface area contributed by atoms with Gasteiger partial charge in [-0.25, -0.2) is 14.6 Å². The van der Waals surface area contributed by atoms with Crippen LogP contribution in [0.25, 0.3) is 0 Å². The minimum Gasteiger partial charge on any atom is -0.478 e. The van der Waals surface area contributed by atoms with E-state index in [1.807, 2.05) is 0 Å². The summed E-state index contributed by atoms with van der Waals surface area (Å²) < 4.78 is 21.5. The number of ether oxygens (including phenoxy) is 4. The van der Waals surface area contributed by atoms with Crippen LogP contribution in [-0.2, 0) is 28.5 Å². The van der Waals surface area contributed by atoms with E-state index in [4.69, 9.17) is 30.4 Å². The van der Waals surface area contributed by atoms with Crippen LogP contribution >= 0.6 is 0 Å². The minimum atomic E-state index is -1.30. The Bertz CT molecular complexity index is 585. The highest BCUT2D eigenvalue weighted by Crippen LogP contribution is 2.26. The second-order valence-electron chi connectivity index (χ2n) is 5.35. The molecule has 0 saturated heterocycles. The smallest absolute Gasteiger partial charge is 0.370 e. The molecule has 0 fully saturated rings. The predicted octanol–water partition coefficient (Wildman–Crippen LogP) is -2.02. The molecule has 0 bridgehead atoms. The molecule has 26 heavy (non-hydrogen) atoms. The van der Waals surface area contributed by atoms with Crippen molar-refractivity contribution >= 4 is 17.9 Å². The van der Waals surface area contributed by atoms with E-state index in [0.717, 1.165) is 6.20 Å². The summed E-state index contributed by atoms with van der Waals surface area (Å²) in [5.41, 5.74) is 10.9. The summed E-state index contributed by atoms with van der Waals surface area (Å²) in [6.07, 6.45) is -0.0286. The van der Waals surface area contributed by atoms with Gasteiger partial charge in [-0.1, -0.05) is 0 Å². The zero-order valence-electron chi connectivity index (χ0n) is 14.7. The number of hydrogen-bond acceptors (Lipinski definition) is 8. The fourth-order valence-corrected chi connectivity index (χ4v) is 2.68. The van der Waals surface area contributed by atoms with Crippen LogP contribution in [0.4, 0.5) is 0 Å². The summed E-state index contributed by atoms with van der Waals surface area (Å²) >= 11 is 0. The summed E-state index contributed by atoms with van der Waals surface area (Å²) in [5.74, 6) is -0.329. The molecule has 0 aromatic heterocycles. The molecule has 1 heterocycles. The monoisotopic (exact) mass is 372 g/mol. The van der Waals surface area contributed by atoms with Crippen molar-refractivity contribution in [2.24, 2.45) is 16.5 Å². The molecule has 0 saturated carbocycles. The number of nitrogens with zero attached hydrogens (tertiary/aromatic N) is 1. The summed E-state index contributed by atoms with van der Waals surface area (Å²) in [4.78, 5) is 26.1. The molecule has 1 aliphatic rings. The van der Waals surface area contributed by atoms with Gasteiger partial charge in [-0.3, -0.25) is 0 Å². The Hall–Kier alpha value is -2.59. The number of carboxylic acid groups (broad SMARTS) is 1. The van der Waals surface area contributed by atoms with Gasteiger partial charge in [-0.05, 0) is 6.08 Å². The van der Waals surface area contributed by atoms with E-state index in [0.29, 0.717) is 0 Å². The van der Waals surface area contributed by atoms with Crippen LogP contribution in [0.2, 0.25) is 0 Å². The number of nitrogens with two attached hydrogens (primary N) is 2. The third-order valence-electron chi connectivity index (χ3n) is 3.75. The molecule has 0 aromatic rings. The Morgan fingerprint density at radius 1 is 1.46 bits per heavy atom. The molecule has 146 valence electrons. The molecule has 1 rings (SSSR count). The van der Waals surface area contributed by atoms with Crippen molar-refractivity contribution in [1.29, 1.82) is 0 Å². The average molecular weight is 372 g/mol. The van der Waals surface area contributed by atoms with E-state index in [1.54, 1.807) is 5.94 Å². The Morgan fingerprint density at radius 3 is 2.62 bits per heavy atom. The molecule has 0 amide bonds. The lowest BCUT2D eigenvalue weighted by atomic mass is 9.92. The van der Waals surface area contributed by atoms with Gasteiger partial charge in [-0.2, -0.15) is 0 Å². The van der Waals surface area contributed by atoms with Crippen LogP contribution in [-0.4, -0.2) is 81.3 Å². The van der Waals surface area contributed by atoms with E-state index in [9.17, 15) is 14.7 Å². The fourth-order valence-electron chi connectivity index (χ4n) is 2.68. The summed E-state index contributed by atoms with van der Waals surface area (Å²) in [6.45, 7) is 0.157. The summed E-state index contributed by atoms with van der Waals surface area (Å²) in [7, 11) is 4.35. The first-order chi connectivity index (χ1) is 12.4. The van der Waals surface area contributed by atoms with Crippen LogP contribution < -0.4 is 16.8 Å². The number of carbonyl (C=O) groups is 1. The van der Waals surface area contributed by atoms with Gasteiger partial charge in [0.1, 0.15) is 18.1 Å². The fraction of sp³-hybridized carbons (Fsp3) is 0.600. The quantitative estimate of drug-likeness (QED) is 0.191. The van der Waals surface area contributed by atoms with Crippen LogP contribution in [0.15, 0.2) is 23.0 Å². The van der Waals surface area contributed by atoms with Crippen molar-refractivity contribution in [3.8, 4) is 0 Å². The van der Waals surface area contributed by atoms with Gasteiger partial charge >= 0.3 is 5.97 Å². The predicted molar refractivity (Wildman–Crippen MR) is 90.8 cm³/mol. The molecule has 0 spiro atoms. The number of carboxylic acids is 1. The molecule has 5 atom stereocenters. The maximum atomic E-state index is 11.4. The Balaban J connectivity index is 3.37. The third kappa shape index (κ3) is 5.46. The highest BCUT2D eigenvalue weighted by Gasteiger charge is 2.44. The molecule has 0 radical (unpaired) electrons. The van der Waals surface area contributed by atoms with Crippen molar-refractivity contribution in [2.45, 2.75) is 30.4 Å². The van der Waals surface area contributed by atoms with Gasteiger partial charge in [0.15, 0.2) is 12.1 Å². The first-order valence-corrected chi connectivity index (χ1v) is 7.60. The van der Waals surface area contributed by atoms with Gasteiger partial charge < -0.3 is 40.8 Å². The van der Waals surface area contributed by atoms with Crippen molar-refractivity contribution in [2.75, 3.05) is 27.9 Å². The van der Waals surface area contributed by atoms with Crippen LogP contribution in [0.5, 0.6) is 0 Å². The molecular weight excluding hydrogens is 348 g/mol. The van der Waals surface area contributed by atoms with Gasteiger partial charge in [0.2, 0.25) is 5.76 Å². The Labute approximate surface area is 150 Å². The SMILES string of the molecule is COCC(OC)C(OC)C1OC(C(=O)O)=CC(N=C(N)N)C1NC=C=O. The normalized spacial score (nSPS) is 24.3. The Kier molecular flexibility index (Phi) is 8.59. The van der Waals surface area contributed by atoms with Crippen LogP contribution in [0, 0.1) is 0 Å². The highest BCUT2D eigenvalue weighted by molar-refractivity contribution is 5.85. The number of guanidine groups is 1.